The van der Waals surface area contributed by atoms with Crippen molar-refractivity contribution in [2.75, 3.05) is 13.6 Å². The third kappa shape index (κ3) is 2.53. The fourth-order valence-corrected chi connectivity index (χ4v) is 1.88. The molecule has 0 radical (unpaired) electrons. The Morgan fingerprint density at radius 2 is 2.29 bits per heavy atom. The second-order valence-electron chi connectivity index (χ2n) is 4.19. The standard InChI is InChI=1S/C13H17N3O/c1-14-7-3-4-13(17)10-5-6-12-11(8-10)15-9-16(12)2/h5-6,8-9,14H,3-4,7H2,1-2H3. The van der Waals surface area contributed by atoms with Crippen molar-refractivity contribution in [2.45, 2.75) is 12.8 Å². The van der Waals surface area contributed by atoms with E-state index in [4.69, 9.17) is 0 Å². The van der Waals surface area contributed by atoms with Crippen LogP contribution in [0, 0.1) is 0 Å². The molecule has 0 bridgehead atoms. The molecule has 17 heavy (non-hydrogen) atoms. The normalized spacial score (nSPS) is 10.9. The van der Waals surface area contributed by atoms with Crippen LogP contribution in [-0.4, -0.2) is 28.9 Å². The minimum atomic E-state index is 0.188. The lowest BCUT2D eigenvalue weighted by Crippen LogP contribution is -2.10. The van der Waals surface area contributed by atoms with E-state index < -0.39 is 0 Å². The molecule has 2 rings (SSSR count). The smallest absolute Gasteiger partial charge is 0.163 e. The van der Waals surface area contributed by atoms with Crippen molar-refractivity contribution >= 4 is 16.8 Å². The lowest BCUT2D eigenvalue weighted by atomic mass is 10.1. The highest BCUT2D eigenvalue weighted by Crippen LogP contribution is 2.15. The quantitative estimate of drug-likeness (QED) is 0.630. The highest BCUT2D eigenvalue weighted by Gasteiger charge is 2.07. The molecule has 0 atom stereocenters. The first-order valence-corrected chi connectivity index (χ1v) is 5.81. The van der Waals surface area contributed by atoms with Crippen molar-refractivity contribution in [3.63, 3.8) is 0 Å². The number of benzene rings is 1. The Balaban J connectivity index is 2.15. The van der Waals surface area contributed by atoms with Crippen LogP contribution in [0.15, 0.2) is 24.5 Å². The molecule has 0 saturated carbocycles. The minimum Gasteiger partial charge on any atom is -0.334 e. The van der Waals surface area contributed by atoms with E-state index in [2.05, 4.69) is 10.3 Å². The molecule has 2 aromatic rings. The summed E-state index contributed by atoms with van der Waals surface area (Å²) in [6.45, 7) is 0.873. The number of fused-ring (bicyclic) bond motifs is 1. The second kappa shape index (κ2) is 5.10. The Bertz CT molecular complexity index is 530. The van der Waals surface area contributed by atoms with E-state index in [9.17, 15) is 4.79 Å². The number of Topliss-reactive ketones (excluding diaryl/α,β-unsaturated/α-hetero) is 1. The van der Waals surface area contributed by atoms with Crippen molar-refractivity contribution in [2.24, 2.45) is 7.05 Å². The van der Waals surface area contributed by atoms with Crippen LogP contribution in [0.3, 0.4) is 0 Å². The number of imidazole rings is 1. The lowest BCUT2D eigenvalue weighted by Gasteiger charge is -2.01. The van der Waals surface area contributed by atoms with E-state index in [-0.39, 0.29) is 5.78 Å². The van der Waals surface area contributed by atoms with E-state index in [1.54, 1.807) is 6.33 Å². The van der Waals surface area contributed by atoms with Gasteiger partial charge in [0.25, 0.3) is 0 Å². The summed E-state index contributed by atoms with van der Waals surface area (Å²) in [5.41, 5.74) is 2.69. The third-order valence-electron chi connectivity index (χ3n) is 2.88. The summed E-state index contributed by atoms with van der Waals surface area (Å²) in [6, 6.07) is 5.70. The zero-order chi connectivity index (χ0) is 12.3. The van der Waals surface area contributed by atoms with Gasteiger partial charge in [-0.05, 0) is 38.2 Å². The molecule has 90 valence electrons. The maximum absolute atomic E-state index is 11.9. The van der Waals surface area contributed by atoms with Crippen molar-refractivity contribution in [3.8, 4) is 0 Å². The van der Waals surface area contributed by atoms with Crippen LogP contribution >= 0.6 is 0 Å². The van der Waals surface area contributed by atoms with Gasteiger partial charge in [-0.2, -0.15) is 0 Å². The fourth-order valence-electron chi connectivity index (χ4n) is 1.88. The van der Waals surface area contributed by atoms with E-state index in [1.807, 2.05) is 36.9 Å². The van der Waals surface area contributed by atoms with Crippen LogP contribution in [0.1, 0.15) is 23.2 Å². The molecule has 0 aliphatic carbocycles. The number of rotatable bonds is 5. The number of aryl methyl sites for hydroxylation is 1. The summed E-state index contributed by atoms with van der Waals surface area (Å²) in [7, 11) is 3.84. The van der Waals surface area contributed by atoms with Gasteiger partial charge in [-0.25, -0.2) is 4.98 Å². The summed E-state index contributed by atoms with van der Waals surface area (Å²) in [5, 5.41) is 3.04. The third-order valence-corrected chi connectivity index (χ3v) is 2.88. The van der Waals surface area contributed by atoms with Gasteiger partial charge >= 0.3 is 0 Å². The molecule has 1 aromatic heterocycles. The highest BCUT2D eigenvalue weighted by molar-refractivity contribution is 5.98. The van der Waals surface area contributed by atoms with E-state index >= 15 is 0 Å². The molecule has 0 amide bonds. The number of hydrogen-bond acceptors (Lipinski definition) is 3. The molecule has 4 nitrogen and oxygen atoms in total. The Morgan fingerprint density at radius 3 is 3.06 bits per heavy atom. The van der Waals surface area contributed by atoms with Gasteiger partial charge < -0.3 is 9.88 Å². The molecule has 1 aromatic carbocycles. The molecular weight excluding hydrogens is 214 g/mol. The monoisotopic (exact) mass is 231 g/mol. The summed E-state index contributed by atoms with van der Waals surface area (Å²) in [6.07, 6.45) is 3.22. The largest absolute Gasteiger partial charge is 0.334 e. The molecular formula is C13H17N3O. The van der Waals surface area contributed by atoms with Crippen LogP contribution in [-0.2, 0) is 7.05 Å². The summed E-state index contributed by atoms with van der Waals surface area (Å²) >= 11 is 0. The Labute approximate surface area is 101 Å². The Kier molecular flexibility index (Phi) is 3.54. The zero-order valence-corrected chi connectivity index (χ0v) is 10.2. The lowest BCUT2D eigenvalue weighted by molar-refractivity contribution is 0.0980. The maximum atomic E-state index is 11.9. The predicted molar refractivity (Wildman–Crippen MR) is 68.2 cm³/mol. The first kappa shape index (κ1) is 11.8. The maximum Gasteiger partial charge on any atom is 0.163 e. The van der Waals surface area contributed by atoms with Gasteiger partial charge in [0.15, 0.2) is 5.78 Å². The number of hydrogen-bond donors (Lipinski definition) is 1. The summed E-state index contributed by atoms with van der Waals surface area (Å²) < 4.78 is 1.95. The van der Waals surface area contributed by atoms with E-state index in [1.165, 1.54) is 0 Å². The SMILES string of the molecule is CNCCCC(=O)c1ccc2c(c1)ncn2C. The van der Waals surface area contributed by atoms with Crippen LogP contribution in [0.5, 0.6) is 0 Å². The van der Waals surface area contributed by atoms with Gasteiger partial charge in [-0.3, -0.25) is 4.79 Å². The molecule has 1 N–H and O–H groups in total. The van der Waals surface area contributed by atoms with Crippen LogP contribution in [0.2, 0.25) is 0 Å². The van der Waals surface area contributed by atoms with Gasteiger partial charge in [-0.1, -0.05) is 0 Å². The first-order chi connectivity index (χ1) is 8.22. The molecule has 0 unspecified atom stereocenters. The Morgan fingerprint density at radius 1 is 1.47 bits per heavy atom. The van der Waals surface area contributed by atoms with Crippen LogP contribution in [0.4, 0.5) is 0 Å². The molecule has 0 aliphatic rings. The van der Waals surface area contributed by atoms with Gasteiger partial charge in [0, 0.05) is 19.0 Å². The fraction of sp³-hybridized carbons (Fsp3) is 0.385. The number of ketones is 1. The van der Waals surface area contributed by atoms with E-state index in [0.717, 1.165) is 29.6 Å². The number of aromatic nitrogens is 2. The van der Waals surface area contributed by atoms with Crippen LogP contribution in [0.25, 0.3) is 11.0 Å². The van der Waals surface area contributed by atoms with Crippen molar-refractivity contribution in [1.82, 2.24) is 14.9 Å². The average Bonchev–Trinajstić information content (AvgIpc) is 2.71. The summed E-state index contributed by atoms with van der Waals surface area (Å²) in [4.78, 5) is 16.2. The van der Waals surface area contributed by atoms with Gasteiger partial charge in [-0.15, -0.1) is 0 Å². The molecule has 1 heterocycles. The highest BCUT2D eigenvalue weighted by atomic mass is 16.1. The van der Waals surface area contributed by atoms with Crippen LogP contribution < -0.4 is 5.32 Å². The average molecular weight is 231 g/mol. The van der Waals surface area contributed by atoms with E-state index in [0.29, 0.717) is 6.42 Å². The van der Waals surface area contributed by atoms with Gasteiger partial charge in [0.05, 0.1) is 17.4 Å². The number of carbonyl (C=O) groups excluding carboxylic acids is 1. The Hall–Kier alpha value is -1.68. The van der Waals surface area contributed by atoms with Crippen molar-refractivity contribution in [1.29, 1.82) is 0 Å². The second-order valence-corrected chi connectivity index (χ2v) is 4.19. The molecule has 4 heteroatoms. The predicted octanol–water partition coefficient (Wildman–Crippen LogP) is 1.76. The molecule has 0 aliphatic heterocycles. The number of carbonyl (C=O) groups is 1. The van der Waals surface area contributed by atoms with Crippen molar-refractivity contribution in [3.05, 3.63) is 30.1 Å². The summed E-state index contributed by atoms with van der Waals surface area (Å²) in [5.74, 6) is 0.188. The first-order valence-electron chi connectivity index (χ1n) is 5.81. The molecule has 0 fully saturated rings. The molecule has 0 saturated heterocycles. The zero-order valence-electron chi connectivity index (χ0n) is 10.2. The molecule has 0 spiro atoms. The minimum absolute atomic E-state index is 0.188. The van der Waals surface area contributed by atoms with Gasteiger partial charge in [0.2, 0.25) is 0 Å². The topological polar surface area (TPSA) is 46.9 Å². The number of nitrogens with one attached hydrogen (secondary N) is 1. The van der Waals surface area contributed by atoms with Crippen molar-refractivity contribution < 1.29 is 4.79 Å². The van der Waals surface area contributed by atoms with Gasteiger partial charge in [0.1, 0.15) is 0 Å². The number of nitrogens with zero attached hydrogens (tertiary/aromatic N) is 2.